The van der Waals surface area contributed by atoms with Crippen LogP contribution < -0.4 is 10.6 Å². The van der Waals surface area contributed by atoms with E-state index in [9.17, 15) is 9.59 Å². The van der Waals surface area contributed by atoms with Crippen LogP contribution in [0.2, 0.25) is 6.32 Å². The van der Waals surface area contributed by atoms with Crippen LogP contribution in [0.4, 0.5) is 0 Å². The number of thiol groups is 1. The average molecular weight is 352 g/mol. The second kappa shape index (κ2) is 10.4. The van der Waals surface area contributed by atoms with Gasteiger partial charge in [-0.25, -0.2) is 0 Å². The van der Waals surface area contributed by atoms with Gasteiger partial charge in [0.1, 0.15) is 0 Å². The predicted octanol–water partition coefficient (Wildman–Crippen LogP) is 0.777. The predicted molar refractivity (Wildman–Crippen MR) is 97.6 cm³/mol. The van der Waals surface area contributed by atoms with Gasteiger partial charge in [0.25, 0.3) is 0 Å². The zero-order chi connectivity index (χ0) is 18.1. The SMILES string of the molecule is CC(C)[C@H](CB(O)O)NC(=O)CC(NC(=O)CS)c1ccccc1. The van der Waals surface area contributed by atoms with Crippen molar-refractivity contribution >= 4 is 31.6 Å². The van der Waals surface area contributed by atoms with Crippen molar-refractivity contribution in [2.75, 3.05) is 5.75 Å². The molecule has 0 spiro atoms. The van der Waals surface area contributed by atoms with Gasteiger partial charge in [-0.3, -0.25) is 9.59 Å². The summed E-state index contributed by atoms with van der Waals surface area (Å²) >= 11 is 3.95. The van der Waals surface area contributed by atoms with Gasteiger partial charge in [-0.15, -0.1) is 0 Å². The van der Waals surface area contributed by atoms with Crippen molar-refractivity contribution in [1.29, 1.82) is 0 Å². The van der Waals surface area contributed by atoms with E-state index in [1.165, 1.54) is 0 Å². The summed E-state index contributed by atoms with van der Waals surface area (Å²) in [5.74, 6) is -0.428. The highest BCUT2D eigenvalue weighted by molar-refractivity contribution is 7.81. The van der Waals surface area contributed by atoms with Crippen LogP contribution in [0.25, 0.3) is 0 Å². The summed E-state index contributed by atoms with van der Waals surface area (Å²) in [6.07, 6.45) is 0.122. The van der Waals surface area contributed by atoms with Crippen LogP contribution in [-0.2, 0) is 9.59 Å². The number of nitrogens with one attached hydrogen (secondary N) is 2. The second-order valence-electron chi connectivity index (χ2n) is 6.03. The Morgan fingerprint density at radius 2 is 1.75 bits per heavy atom. The molecular formula is C16H25BN2O4S. The summed E-state index contributed by atoms with van der Waals surface area (Å²) < 4.78 is 0. The van der Waals surface area contributed by atoms with Gasteiger partial charge in [0.05, 0.1) is 18.2 Å². The molecule has 0 bridgehead atoms. The van der Waals surface area contributed by atoms with Crippen molar-refractivity contribution in [1.82, 2.24) is 10.6 Å². The maximum Gasteiger partial charge on any atom is 0.453 e. The Morgan fingerprint density at radius 1 is 1.12 bits per heavy atom. The molecule has 0 aromatic heterocycles. The molecule has 8 heteroatoms. The molecule has 2 atom stereocenters. The maximum atomic E-state index is 12.3. The van der Waals surface area contributed by atoms with Gasteiger partial charge in [0, 0.05) is 12.4 Å². The Kier molecular flexibility index (Phi) is 8.88. The van der Waals surface area contributed by atoms with E-state index in [0.29, 0.717) is 0 Å². The first-order valence-electron chi connectivity index (χ1n) is 7.94. The standard InChI is InChI=1S/C16H25BN2O4S/c1-11(2)14(9-17(22)23)19-15(20)8-13(18-16(21)10-24)12-6-4-3-5-7-12/h3-7,11,13-14,22-24H,8-10H2,1-2H3,(H,18,21)(H,19,20)/t13?,14-/m0/s1. The van der Waals surface area contributed by atoms with Gasteiger partial charge >= 0.3 is 7.12 Å². The molecule has 0 aliphatic rings. The third-order valence-corrected chi connectivity index (χ3v) is 3.97. The van der Waals surface area contributed by atoms with Crippen molar-refractivity contribution in [2.45, 2.75) is 38.7 Å². The van der Waals surface area contributed by atoms with E-state index in [-0.39, 0.29) is 42.3 Å². The zero-order valence-electron chi connectivity index (χ0n) is 14.0. The molecule has 0 saturated heterocycles. The Morgan fingerprint density at radius 3 is 2.25 bits per heavy atom. The lowest BCUT2D eigenvalue weighted by atomic mass is 9.78. The molecule has 132 valence electrons. The molecule has 0 fully saturated rings. The number of hydrogen-bond donors (Lipinski definition) is 5. The molecule has 0 aliphatic heterocycles. The summed E-state index contributed by atoms with van der Waals surface area (Å²) in [5.41, 5.74) is 0.825. The number of hydrogen-bond acceptors (Lipinski definition) is 5. The fourth-order valence-corrected chi connectivity index (χ4v) is 2.44. The Balaban J connectivity index is 2.77. The van der Waals surface area contributed by atoms with E-state index in [4.69, 9.17) is 10.0 Å². The largest absolute Gasteiger partial charge is 0.453 e. The van der Waals surface area contributed by atoms with E-state index in [1.807, 2.05) is 44.2 Å². The normalized spacial score (nSPS) is 13.2. The molecule has 0 aliphatic carbocycles. The molecule has 0 heterocycles. The second-order valence-corrected chi connectivity index (χ2v) is 6.34. The van der Waals surface area contributed by atoms with Gasteiger partial charge in [0.2, 0.25) is 11.8 Å². The highest BCUT2D eigenvalue weighted by Crippen LogP contribution is 2.17. The van der Waals surface area contributed by atoms with E-state index < -0.39 is 13.2 Å². The molecular weight excluding hydrogens is 327 g/mol. The molecule has 0 radical (unpaired) electrons. The Hall–Kier alpha value is -1.51. The molecule has 6 nitrogen and oxygen atoms in total. The summed E-state index contributed by atoms with van der Waals surface area (Å²) in [5, 5.41) is 23.9. The third-order valence-electron chi connectivity index (χ3n) is 3.69. The quantitative estimate of drug-likeness (QED) is 0.335. The first-order valence-corrected chi connectivity index (χ1v) is 8.57. The minimum Gasteiger partial charge on any atom is -0.427 e. The highest BCUT2D eigenvalue weighted by Gasteiger charge is 2.24. The molecule has 1 aromatic rings. The minimum absolute atomic E-state index is 0.0380. The van der Waals surface area contributed by atoms with E-state index in [0.717, 1.165) is 5.56 Å². The topological polar surface area (TPSA) is 98.7 Å². The molecule has 2 amide bonds. The number of carbonyl (C=O) groups excluding carboxylic acids is 2. The first kappa shape index (κ1) is 20.5. The first-order chi connectivity index (χ1) is 11.3. The van der Waals surface area contributed by atoms with E-state index in [1.54, 1.807) is 0 Å². The monoisotopic (exact) mass is 352 g/mol. The lowest BCUT2D eigenvalue weighted by Crippen LogP contribution is -2.43. The molecule has 1 rings (SSSR count). The van der Waals surface area contributed by atoms with Crippen LogP contribution in [0.5, 0.6) is 0 Å². The fourth-order valence-electron chi connectivity index (χ4n) is 2.35. The van der Waals surface area contributed by atoms with Gasteiger partial charge in [-0.1, -0.05) is 44.2 Å². The van der Waals surface area contributed by atoms with Crippen molar-refractivity contribution < 1.29 is 19.6 Å². The van der Waals surface area contributed by atoms with E-state index in [2.05, 4.69) is 23.3 Å². The van der Waals surface area contributed by atoms with Crippen molar-refractivity contribution in [2.24, 2.45) is 5.92 Å². The van der Waals surface area contributed by atoms with Gasteiger partial charge in [-0.05, 0) is 11.5 Å². The lowest BCUT2D eigenvalue weighted by Gasteiger charge is -2.24. The van der Waals surface area contributed by atoms with Crippen LogP contribution in [-0.4, -0.2) is 40.8 Å². The highest BCUT2D eigenvalue weighted by atomic mass is 32.1. The molecule has 4 N–H and O–H groups in total. The average Bonchev–Trinajstić information content (AvgIpc) is 2.53. The van der Waals surface area contributed by atoms with Gasteiger partial charge in [-0.2, -0.15) is 12.6 Å². The Bertz CT molecular complexity index is 528. The van der Waals surface area contributed by atoms with Crippen LogP contribution in [0.15, 0.2) is 30.3 Å². The molecule has 0 saturated carbocycles. The van der Waals surface area contributed by atoms with E-state index >= 15 is 0 Å². The van der Waals surface area contributed by atoms with Crippen LogP contribution in [0.3, 0.4) is 0 Å². The smallest absolute Gasteiger partial charge is 0.427 e. The molecule has 24 heavy (non-hydrogen) atoms. The van der Waals surface area contributed by atoms with Crippen molar-refractivity contribution in [3.8, 4) is 0 Å². The van der Waals surface area contributed by atoms with Gasteiger partial charge < -0.3 is 20.7 Å². The number of benzene rings is 1. The molecule has 1 aromatic carbocycles. The summed E-state index contributed by atoms with van der Waals surface area (Å²) in [7, 11) is -1.48. The summed E-state index contributed by atoms with van der Waals surface area (Å²) in [6, 6.07) is 8.41. The third kappa shape index (κ3) is 7.38. The van der Waals surface area contributed by atoms with Crippen molar-refractivity contribution in [3.05, 3.63) is 35.9 Å². The minimum atomic E-state index is -1.48. The number of amides is 2. The lowest BCUT2D eigenvalue weighted by molar-refractivity contribution is -0.123. The van der Waals surface area contributed by atoms with Crippen LogP contribution in [0, 0.1) is 5.92 Å². The summed E-state index contributed by atoms with van der Waals surface area (Å²) in [4.78, 5) is 24.0. The molecule has 1 unspecified atom stereocenters. The van der Waals surface area contributed by atoms with Gasteiger partial charge in [0.15, 0.2) is 0 Å². The number of carbonyl (C=O) groups is 2. The van der Waals surface area contributed by atoms with Crippen molar-refractivity contribution in [3.63, 3.8) is 0 Å². The summed E-state index contributed by atoms with van der Waals surface area (Å²) in [6.45, 7) is 3.79. The Labute approximate surface area is 148 Å². The fraction of sp³-hybridized carbons (Fsp3) is 0.500. The zero-order valence-corrected chi connectivity index (χ0v) is 14.9. The van der Waals surface area contributed by atoms with Crippen LogP contribution >= 0.6 is 12.6 Å². The number of rotatable bonds is 9. The maximum absolute atomic E-state index is 12.3. The van der Waals surface area contributed by atoms with Crippen LogP contribution in [0.1, 0.15) is 31.9 Å².